The number of carboxylic acid groups (broad SMARTS) is 2. The number of aliphatic hydroxyl groups is 1. The number of hydrogen-bond acceptors (Lipinski definition) is 4. The predicted octanol–water partition coefficient (Wildman–Crippen LogP) is 14.9. The average molecular weight is 804 g/mol. The van der Waals surface area contributed by atoms with E-state index in [0.29, 0.717) is 11.8 Å². The summed E-state index contributed by atoms with van der Waals surface area (Å²) in [5, 5.41) is 32.6. The Morgan fingerprint density at radius 2 is 0.754 bits per heavy atom. The monoisotopic (exact) mass is 804 g/mol. The van der Waals surface area contributed by atoms with Crippen LogP contribution in [0.15, 0.2) is 0 Å². The van der Waals surface area contributed by atoms with E-state index in [1.54, 1.807) is 0 Å². The summed E-state index contributed by atoms with van der Waals surface area (Å²) in [6, 6.07) is 0. The summed E-state index contributed by atoms with van der Waals surface area (Å²) in [4.78, 5) is 27.5. The number of aliphatic carboxylic acids is 2. The SMILES string of the molecule is CCCN(CCC)CCCCC(O)(CCCCCCC(C(=O)O)C1CCCCCCCCCCC1)CCCCCCC(C(=O)O)C1CCCCCCCCCCC1. The predicted molar refractivity (Wildman–Crippen MR) is 242 cm³/mol. The molecule has 0 saturated heterocycles. The zero-order valence-corrected chi connectivity index (χ0v) is 38.1. The van der Waals surface area contributed by atoms with Crippen molar-refractivity contribution in [3.8, 4) is 0 Å². The van der Waals surface area contributed by atoms with E-state index in [2.05, 4.69) is 18.7 Å². The van der Waals surface area contributed by atoms with Gasteiger partial charge >= 0.3 is 11.9 Å². The fourth-order valence-corrected chi connectivity index (χ4v) is 10.8. The first-order chi connectivity index (χ1) is 27.8. The van der Waals surface area contributed by atoms with E-state index in [4.69, 9.17) is 0 Å². The van der Waals surface area contributed by atoms with E-state index >= 15 is 0 Å². The molecule has 6 heteroatoms. The summed E-state index contributed by atoms with van der Waals surface area (Å²) in [5.74, 6) is -0.887. The molecule has 0 aliphatic heterocycles. The normalized spacial score (nSPS) is 20.4. The summed E-state index contributed by atoms with van der Waals surface area (Å²) in [5.41, 5.74) is -0.630. The Morgan fingerprint density at radius 1 is 0.456 bits per heavy atom. The van der Waals surface area contributed by atoms with Gasteiger partial charge in [0.25, 0.3) is 0 Å². The summed E-state index contributed by atoms with van der Waals surface area (Å²) in [6.07, 6.45) is 44.4. The second-order valence-corrected chi connectivity index (χ2v) is 19.4. The molecule has 2 rings (SSSR count). The van der Waals surface area contributed by atoms with Crippen LogP contribution < -0.4 is 0 Å². The van der Waals surface area contributed by atoms with Crippen LogP contribution in [0.1, 0.15) is 264 Å². The quantitative estimate of drug-likeness (QED) is 0.0716. The maximum Gasteiger partial charge on any atom is 0.306 e. The van der Waals surface area contributed by atoms with Gasteiger partial charge in [-0.25, -0.2) is 0 Å². The third-order valence-corrected chi connectivity index (χ3v) is 14.3. The Balaban J connectivity index is 1.85. The van der Waals surface area contributed by atoms with Gasteiger partial charge in [0, 0.05) is 0 Å². The first-order valence-electron chi connectivity index (χ1n) is 25.7. The molecule has 0 aromatic carbocycles. The summed E-state index contributed by atoms with van der Waals surface area (Å²) in [7, 11) is 0. The van der Waals surface area contributed by atoms with E-state index < -0.39 is 17.5 Å². The Labute approximate surface area is 353 Å². The highest BCUT2D eigenvalue weighted by molar-refractivity contribution is 5.70. The number of carbonyl (C=O) groups is 2. The molecule has 336 valence electrons. The van der Waals surface area contributed by atoms with E-state index in [-0.39, 0.29) is 11.8 Å². The molecule has 6 nitrogen and oxygen atoms in total. The molecule has 2 atom stereocenters. The first kappa shape index (κ1) is 52.0. The van der Waals surface area contributed by atoms with Gasteiger partial charge in [0.05, 0.1) is 17.4 Å². The zero-order chi connectivity index (χ0) is 41.2. The molecule has 57 heavy (non-hydrogen) atoms. The molecule has 2 aliphatic rings. The standard InChI is InChI=1S/C51H97NO5/c1-3-42-52(43-4-2)44-32-31-41-51(57,39-29-21-19-27-37-47(49(53)54)45-33-23-15-11-7-5-8-12-16-24-34-45)40-30-22-20-28-38-48(50(55)56)46-35-25-17-13-9-6-10-14-18-26-36-46/h45-48,57H,3-44H2,1-2H3,(H,53,54)(H,55,56). The van der Waals surface area contributed by atoms with Crippen molar-refractivity contribution in [1.29, 1.82) is 0 Å². The summed E-state index contributed by atoms with van der Waals surface area (Å²) < 4.78 is 0. The Bertz CT molecular complexity index is 866. The number of rotatable bonds is 27. The fourth-order valence-electron chi connectivity index (χ4n) is 10.8. The molecular weight excluding hydrogens is 707 g/mol. The smallest absolute Gasteiger partial charge is 0.306 e. The van der Waals surface area contributed by atoms with Gasteiger partial charge in [0.2, 0.25) is 0 Å². The van der Waals surface area contributed by atoms with E-state index in [1.165, 1.54) is 128 Å². The van der Waals surface area contributed by atoms with Crippen molar-refractivity contribution in [3.63, 3.8) is 0 Å². The minimum absolute atomic E-state index is 0.198. The van der Waals surface area contributed by atoms with Crippen LogP contribution in [0.4, 0.5) is 0 Å². The molecule has 0 bridgehead atoms. The van der Waals surface area contributed by atoms with Crippen molar-refractivity contribution in [1.82, 2.24) is 4.90 Å². The second kappa shape index (κ2) is 34.6. The van der Waals surface area contributed by atoms with Gasteiger partial charge in [-0.1, -0.05) is 181 Å². The summed E-state index contributed by atoms with van der Waals surface area (Å²) in [6.45, 7) is 7.96. The average Bonchev–Trinajstić information content (AvgIpc) is 3.17. The molecule has 0 amide bonds. The van der Waals surface area contributed by atoms with Crippen molar-refractivity contribution < 1.29 is 24.9 Å². The Hall–Kier alpha value is -1.14. The van der Waals surface area contributed by atoms with Gasteiger partial charge in [-0.05, 0) is 115 Å². The lowest BCUT2D eigenvalue weighted by Gasteiger charge is -2.29. The van der Waals surface area contributed by atoms with Crippen LogP contribution in [0.2, 0.25) is 0 Å². The molecule has 2 unspecified atom stereocenters. The zero-order valence-electron chi connectivity index (χ0n) is 38.1. The molecular formula is C51H97NO5. The van der Waals surface area contributed by atoms with Crippen molar-refractivity contribution in [3.05, 3.63) is 0 Å². The lowest BCUT2D eigenvalue weighted by atomic mass is 9.80. The first-order valence-corrected chi connectivity index (χ1v) is 25.7. The Morgan fingerprint density at radius 3 is 1.07 bits per heavy atom. The molecule has 0 spiro atoms. The van der Waals surface area contributed by atoms with Crippen LogP contribution in [-0.2, 0) is 9.59 Å². The second-order valence-electron chi connectivity index (χ2n) is 19.4. The molecule has 2 fully saturated rings. The molecule has 0 heterocycles. The van der Waals surface area contributed by atoms with E-state index in [0.717, 1.165) is 142 Å². The number of hydrogen-bond donors (Lipinski definition) is 3. The highest BCUT2D eigenvalue weighted by Crippen LogP contribution is 2.34. The van der Waals surface area contributed by atoms with Gasteiger partial charge in [0.1, 0.15) is 0 Å². The van der Waals surface area contributed by atoms with E-state index in [9.17, 15) is 24.9 Å². The lowest BCUT2D eigenvalue weighted by molar-refractivity contribution is -0.145. The minimum atomic E-state index is -0.630. The van der Waals surface area contributed by atoms with Crippen molar-refractivity contribution in [2.75, 3.05) is 19.6 Å². The molecule has 2 saturated carbocycles. The van der Waals surface area contributed by atoms with E-state index in [1.807, 2.05) is 0 Å². The molecule has 2 aliphatic carbocycles. The third-order valence-electron chi connectivity index (χ3n) is 14.3. The van der Waals surface area contributed by atoms with Crippen LogP contribution >= 0.6 is 0 Å². The maximum absolute atomic E-state index is 12.5. The Kier molecular flexibility index (Phi) is 31.5. The number of nitrogens with zero attached hydrogens (tertiary/aromatic N) is 1. The summed E-state index contributed by atoms with van der Waals surface area (Å²) >= 11 is 0. The van der Waals surface area contributed by atoms with Crippen LogP contribution in [0.5, 0.6) is 0 Å². The minimum Gasteiger partial charge on any atom is -0.481 e. The lowest BCUT2D eigenvalue weighted by Crippen LogP contribution is -2.30. The van der Waals surface area contributed by atoms with Crippen LogP contribution in [0.25, 0.3) is 0 Å². The molecule has 0 aromatic heterocycles. The van der Waals surface area contributed by atoms with Crippen LogP contribution in [0, 0.1) is 23.7 Å². The van der Waals surface area contributed by atoms with Gasteiger partial charge in [-0.15, -0.1) is 0 Å². The van der Waals surface area contributed by atoms with Gasteiger partial charge in [-0.2, -0.15) is 0 Å². The molecule has 0 aromatic rings. The maximum atomic E-state index is 12.5. The fraction of sp³-hybridized carbons (Fsp3) is 0.961. The van der Waals surface area contributed by atoms with Gasteiger partial charge in [-0.3, -0.25) is 9.59 Å². The molecule has 3 N–H and O–H groups in total. The van der Waals surface area contributed by atoms with Gasteiger partial charge in [0.15, 0.2) is 0 Å². The molecule has 0 radical (unpaired) electrons. The highest BCUT2D eigenvalue weighted by atomic mass is 16.4. The largest absolute Gasteiger partial charge is 0.481 e. The third kappa shape index (κ3) is 25.9. The van der Waals surface area contributed by atoms with Crippen LogP contribution in [-0.4, -0.2) is 57.4 Å². The van der Waals surface area contributed by atoms with Crippen molar-refractivity contribution in [2.24, 2.45) is 23.7 Å². The van der Waals surface area contributed by atoms with Crippen LogP contribution in [0.3, 0.4) is 0 Å². The number of carboxylic acids is 2. The van der Waals surface area contributed by atoms with Gasteiger partial charge < -0.3 is 20.2 Å². The highest BCUT2D eigenvalue weighted by Gasteiger charge is 2.29. The number of unbranched alkanes of at least 4 members (excludes halogenated alkanes) is 7. The van der Waals surface area contributed by atoms with Crippen molar-refractivity contribution in [2.45, 2.75) is 270 Å². The van der Waals surface area contributed by atoms with Crippen molar-refractivity contribution >= 4 is 11.9 Å². The topological polar surface area (TPSA) is 98.1 Å².